The molecule has 0 spiro atoms. The van der Waals surface area contributed by atoms with Gasteiger partial charge in [-0.1, -0.05) is 19.1 Å². The molecule has 3 nitrogen and oxygen atoms in total. The van der Waals surface area contributed by atoms with E-state index < -0.39 is 0 Å². The Labute approximate surface area is 123 Å². The summed E-state index contributed by atoms with van der Waals surface area (Å²) >= 11 is 0. The summed E-state index contributed by atoms with van der Waals surface area (Å²) in [5.41, 5.74) is -0.408. The number of piperidine rings is 1. The zero-order valence-corrected chi connectivity index (χ0v) is 13.5. The third kappa shape index (κ3) is 2.93. The fourth-order valence-corrected chi connectivity index (χ4v) is 3.78. The SMILES string of the molecule is CC(C)(C)NC(=O)C1(C2(C)C=CCCC2)CCNCC1. The van der Waals surface area contributed by atoms with Crippen LogP contribution in [-0.2, 0) is 4.79 Å². The van der Waals surface area contributed by atoms with Gasteiger partial charge < -0.3 is 10.6 Å². The lowest BCUT2D eigenvalue weighted by Crippen LogP contribution is -2.58. The van der Waals surface area contributed by atoms with Gasteiger partial charge in [0.1, 0.15) is 0 Å². The average molecular weight is 278 g/mol. The van der Waals surface area contributed by atoms with Crippen LogP contribution in [-0.4, -0.2) is 24.5 Å². The third-order valence-electron chi connectivity index (χ3n) is 5.03. The lowest BCUT2D eigenvalue weighted by Gasteiger charge is -2.50. The summed E-state index contributed by atoms with van der Waals surface area (Å²) < 4.78 is 0. The first-order valence-corrected chi connectivity index (χ1v) is 8.00. The minimum atomic E-state index is -0.248. The van der Waals surface area contributed by atoms with Gasteiger partial charge in [0.15, 0.2) is 0 Å². The molecule has 1 amide bonds. The highest BCUT2D eigenvalue weighted by Gasteiger charge is 2.52. The van der Waals surface area contributed by atoms with Gasteiger partial charge in [0.05, 0.1) is 5.41 Å². The second-order valence-corrected chi connectivity index (χ2v) is 7.75. The summed E-state index contributed by atoms with van der Waals surface area (Å²) in [5, 5.41) is 6.66. The van der Waals surface area contributed by atoms with E-state index in [-0.39, 0.29) is 22.3 Å². The van der Waals surface area contributed by atoms with Gasteiger partial charge in [0, 0.05) is 5.54 Å². The van der Waals surface area contributed by atoms with Crippen LogP contribution in [0.5, 0.6) is 0 Å². The zero-order chi connectivity index (χ0) is 14.9. The predicted molar refractivity (Wildman–Crippen MR) is 83.5 cm³/mol. The van der Waals surface area contributed by atoms with E-state index in [0.717, 1.165) is 38.8 Å². The van der Waals surface area contributed by atoms with Crippen molar-refractivity contribution in [2.45, 2.75) is 65.3 Å². The van der Waals surface area contributed by atoms with Crippen molar-refractivity contribution in [2.75, 3.05) is 13.1 Å². The molecule has 0 bridgehead atoms. The van der Waals surface area contributed by atoms with Crippen LogP contribution in [0.2, 0.25) is 0 Å². The first-order chi connectivity index (χ1) is 9.29. The van der Waals surface area contributed by atoms with E-state index in [9.17, 15) is 4.79 Å². The molecule has 1 saturated heterocycles. The highest BCUT2D eigenvalue weighted by atomic mass is 16.2. The molecule has 1 atom stereocenters. The average Bonchev–Trinajstić information content (AvgIpc) is 2.38. The van der Waals surface area contributed by atoms with Gasteiger partial charge in [-0.2, -0.15) is 0 Å². The van der Waals surface area contributed by atoms with Crippen LogP contribution in [0, 0.1) is 10.8 Å². The molecule has 2 rings (SSSR count). The fraction of sp³-hybridized carbons (Fsp3) is 0.824. The van der Waals surface area contributed by atoms with E-state index in [0.29, 0.717) is 0 Å². The second kappa shape index (κ2) is 5.51. The van der Waals surface area contributed by atoms with Gasteiger partial charge in [-0.3, -0.25) is 4.79 Å². The number of nitrogens with one attached hydrogen (secondary N) is 2. The molecular weight excluding hydrogens is 248 g/mol. The molecule has 20 heavy (non-hydrogen) atoms. The first-order valence-electron chi connectivity index (χ1n) is 8.00. The predicted octanol–water partition coefficient (Wildman–Crippen LogP) is 3.02. The fourth-order valence-electron chi connectivity index (χ4n) is 3.78. The molecule has 1 fully saturated rings. The Morgan fingerprint density at radius 2 is 1.85 bits per heavy atom. The van der Waals surface area contributed by atoms with Crippen molar-refractivity contribution < 1.29 is 4.79 Å². The molecule has 1 unspecified atom stereocenters. The molecule has 0 aromatic carbocycles. The Kier molecular flexibility index (Phi) is 4.29. The van der Waals surface area contributed by atoms with Crippen molar-refractivity contribution in [3.05, 3.63) is 12.2 Å². The quantitative estimate of drug-likeness (QED) is 0.762. The van der Waals surface area contributed by atoms with Crippen molar-refractivity contribution in [1.29, 1.82) is 0 Å². The minimum absolute atomic E-state index is 0.00266. The molecule has 1 aliphatic heterocycles. The molecule has 0 aromatic rings. The van der Waals surface area contributed by atoms with E-state index in [2.05, 4.69) is 50.5 Å². The van der Waals surface area contributed by atoms with Crippen LogP contribution >= 0.6 is 0 Å². The lowest BCUT2D eigenvalue weighted by molar-refractivity contribution is -0.141. The van der Waals surface area contributed by atoms with E-state index in [1.54, 1.807) is 0 Å². The third-order valence-corrected chi connectivity index (χ3v) is 5.03. The van der Waals surface area contributed by atoms with Gasteiger partial charge >= 0.3 is 0 Å². The first kappa shape index (κ1) is 15.6. The smallest absolute Gasteiger partial charge is 0.227 e. The van der Waals surface area contributed by atoms with Crippen LogP contribution in [0.15, 0.2) is 12.2 Å². The molecule has 1 aliphatic carbocycles. The van der Waals surface area contributed by atoms with Gasteiger partial charge in [-0.15, -0.1) is 0 Å². The minimum Gasteiger partial charge on any atom is -0.351 e. The summed E-state index contributed by atoms with van der Waals surface area (Å²) in [7, 11) is 0. The summed E-state index contributed by atoms with van der Waals surface area (Å²) in [6, 6.07) is 0. The molecule has 0 aromatic heterocycles. The topological polar surface area (TPSA) is 41.1 Å². The van der Waals surface area contributed by atoms with Crippen LogP contribution in [0.3, 0.4) is 0 Å². The monoisotopic (exact) mass is 278 g/mol. The summed E-state index contributed by atoms with van der Waals surface area (Å²) in [4.78, 5) is 13.1. The van der Waals surface area contributed by atoms with E-state index in [4.69, 9.17) is 0 Å². The Morgan fingerprint density at radius 3 is 2.35 bits per heavy atom. The van der Waals surface area contributed by atoms with Gasteiger partial charge in [-0.05, 0) is 71.4 Å². The Hall–Kier alpha value is -0.830. The van der Waals surface area contributed by atoms with Crippen LogP contribution in [0.1, 0.15) is 59.8 Å². The highest BCUT2D eigenvalue weighted by molar-refractivity contribution is 5.84. The van der Waals surface area contributed by atoms with Crippen molar-refractivity contribution in [2.24, 2.45) is 10.8 Å². The van der Waals surface area contributed by atoms with E-state index >= 15 is 0 Å². The normalized spacial score (nSPS) is 30.0. The number of carbonyl (C=O) groups excluding carboxylic acids is 1. The second-order valence-electron chi connectivity index (χ2n) is 7.75. The Bertz CT molecular complexity index is 388. The van der Waals surface area contributed by atoms with E-state index in [1.807, 2.05) is 0 Å². The van der Waals surface area contributed by atoms with Crippen molar-refractivity contribution in [1.82, 2.24) is 10.6 Å². The number of hydrogen-bond acceptors (Lipinski definition) is 2. The standard InChI is InChI=1S/C17H30N2O/c1-15(2,3)19-14(20)17(10-12-18-13-11-17)16(4)8-6-5-7-9-16/h6,8,18H,5,7,9-13H2,1-4H3,(H,19,20). The number of carbonyl (C=O) groups is 1. The zero-order valence-electron chi connectivity index (χ0n) is 13.5. The lowest BCUT2D eigenvalue weighted by atomic mass is 9.56. The number of allylic oxidation sites excluding steroid dienone is 2. The molecule has 0 saturated carbocycles. The van der Waals surface area contributed by atoms with Crippen molar-refractivity contribution in [3.8, 4) is 0 Å². The highest BCUT2D eigenvalue weighted by Crippen LogP contribution is 2.52. The van der Waals surface area contributed by atoms with E-state index in [1.165, 1.54) is 6.42 Å². The van der Waals surface area contributed by atoms with Crippen LogP contribution in [0.25, 0.3) is 0 Å². The van der Waals surface area contributed by atoms with Crippen molar-refractivity contribution >= 4 is 5.91 Å². The largest absolute Gasteiger partial charge is 0.351 e. The van der Waals surface area contributed by atoms with Gasteiger partial charge in [-0.25, -0.2) is 0 Å². The van der Waals surface area contributed by atoms with Crippen LogP contribution < -0.4 is 10.6 Å². The maximum Gasteiger partial charge on any atom is 0.227 e. The maximum absolute atomic E-state index is 13.1. The molecule has 2 aliphatic rings. The van der Waals surface area contributed by atoms with Crippen LogP contribution in [0.4, 0.5) is 0 Å². The molecule has 2 N–H and O–H groups in total. The molecule has 1 heterocycles. The Balaban J connectivity index is 2.32. The number of amides is 1. The summed E-state index contributed by atoms with van der Waals surface area (Å²) in [5.74, 6) is 0.251. The van der Waals surface area contributed by atoms with Gasteiger partial charge in [0.2, 0.25) is 5.91 Å². The Morgan fingerprint density at radius 1 is 1.20 bits per heavy atom. The maximum atomic E-state index is 13.1. The molecule has 114 valence electrons. The molecule has 3 heteroatoms. The summed E-state index contributed by atoms with van der Waals surface area (Å²) in [6.07, 6.45) is 9.96. The van der Waals surface area contributed by atoms with Gasteiger partial charge in [0.25, 0.3) is 0 Å². The molecule has 0 radical (unpaired) electrons. The number of rotatable bonds is 2. The number of hydrogen-bond donors (Lipinski definition) is 2. The summed E-state index contributed by atoms with van der Waals surface area (Å²) in [6.45, 7) is 10.4. The van der Waals surface area contributed by atoms with Crippen molar-refractivity contribution in [3.63, 3.8) is 0 Å². The molecular formula is C17H30N2O.